The molecule has 2 aromatic rings. The molecule has 1 aliphatic carbocycles. The lowest BCUT2D eigenvalue weighted by Gasteiger charge is -2.22. The molecule has 0 saturated heterocycles. The zero-order valence-corrected chi connectivity index (χ0v) is 14.8. The van der Waals surface area contributed by atoms with Crippen molar-refractivity contribution in [2.75, 3.05) is 0 Å². The Bertz CT molecular complexity index is 619. The van der Waals surface area contributed by atoms with Crippen LogP contribution in [-0.4, -0.2) is 0 Å². The van der Waals surface area contributed by atoms with E-state index in [1.807, 2.05) is 18.2 Å². The lowest BCUT2D eigenvalue weighted by molar-refractivity contribution is 0.475. The summed E-state index contributed by atoms with van der Waals surface area (Å²) in [5.74, 6) is 0.519. The van der Waals surface area contributed by atoms with Crippen LogP contribution in [0, 0.1) is 5.92 Å². The van der Waals surface area contributed by atoms with Gasteiger partial charge in [-0.1, -0.05) is 69.5 Å². The molecule has 0 saturated carbocycles. The Labute approximate surface area is 144 Å². The minimum absolute atomic E-state index is 0.364. The first-order valence-corrected chi connectivity index (χ1v) is 8.98. The number of benzene rings is 2. The van der Waals surface area contributed by atoms with Crippen molar-refractivity contribution < 1.29 is 0 Å². The molecular formula is C18H17BrCl2. The van der Waals surface area contributed by atoms with E-state index in [2.05, 4.69) is 40.2 Å². The Morgan fingerprint density at radius 3 is 2.48 bits per heavy atom. The summed E-state index contributed by atoms with van der Waals surface area (Å²) in [7, 11) is 0. The van der Waals surface area contributed by atoms with Crippen molar-refractivity contribution in [3.8, 4) is 0 Å². The minimum atomic E-state index is 0.364. The maximum atomic E-state index is 6.34. The Morgan fingerprint density at radius 2 is 1.71 bits per heavy atom. The topological polar surface area (TPSA) is 0 Å². The van der Waals surface area contributed by atoms with Gasteiger partial charge in [-0.05, 0) is 60.4 Å². The van der Waals surface area contributed by atoms with Crippen molar-refractivity contribution in [2.24, 2.45) is 5.92 Å². The van der Waals surface area contributed by atoms with E-state index in [1.54, 1.807) is 0 Å². The maximum absolute atomic E-state index is 6.34. The number of hydrogen-bond acceptors (Lipinski definition) is 0. The summed E-state index contributed by atoms with van der Waals surface area (Å²) in [6, 6.07) is 14.5. The Hall–Kier alpha value is -0.500. The first-order valence-electron chi connectivity index (χ1n) is 7.31. The van der Waals surface area contributed by atoms with Gasteiger partial charge in [0.25, 0.3) is 0 Å². The largest absolute Gasteiger partial charge is 0.0840 e. The highest BCUT2D eigenvalue weighted by Gasteiger charge is 2.26. The van der Waals surface area contributed by atoms with Crippen LogP contribution in [0.1, 0.15) is 34.4 Å². The zero-order chi connectivity index (χ0) is 14.8. The highest BCUT2D eigenvalue weighted by molar-refractivity contribution is 9.09. The van der Waals surface area contributed by atoms with Gasteiger partial charge in [0, 0.05) is 14.9 Å². The number of hydrogen-bond donors (Lipinski definition) is 0. The molecule has 0 aliphatic heterocycles. The molecule has 0 amide bonds. The summed E-state index contributed by atoms with van der Waals surface area (Å²) < 4.78 is 0. The van der Waals surface area contributed by atoms with Crippen molar-refractivity contribution in [1.82, 2.24) is 0 Å². The lowest BCUT2D eigenvalue weighted by atomic mass is 9.90. The summed E-state index contributed by atoms with van der Waals surface area (Å²) >= 11 is 16.6. The Balaban J connectivity index is 1.90. The molecule has 3 rings (SSSR count). The smallest absolute Gasteiger partial charge is 0.0452 e. The highest BCUT2D eigenvalue weighted by Crippen LogP contribution is 2.42. The van der Waals surface area contributed by atoms with Gasteiger partial charge in [-0.3, -0.25) is 0 Å². The fourth-order valence-corrected chi connectivity index (χ4v) is 4.63. The first-order chi connectivity index (χ1) is 10.2. The number of fused-ring (bicyclic) bond motifs is 1. The summed E-state index contributed by atoms with van der Waals surface area (Å²) in [6.07, 6.45) is 4.48. The van der Waals surface area contributed by atoms with E-state index in [0.717, 1.165) is 28.5 Å². The van der Waals surface area contributed by atoms with E-state index in [1.165, 1.54) is 24.0 Å². The average molecular weight is 384 g/mol. The van der Waals surface area contributed by atoms with E-state index in [0.29, 0.717) is 10.7 Å². The predicted octanol–water partition coefficient (Wildman–Crippen LogP) is 6.62. The number of halogens is 3. The predicted molar refractivity (Wildman–Crippen MR) is 94.7 cm³/mol. The number of aryl methyl sites for hydroxylation is 1. The van der Waals surface area contributed by atoms with Gasteiger partial charge in [-0.2, -0.15) is 0 Å². The number of alkyl halides is 1. The third-order valence-corrected chi connectivity index (χ3v) is 6.26. The molecule has 0 nitrogen and oxygen atoms in total. The standard InChI is InChI=1S/C18H17BrCl2/c19-18-13(11-15-16(20)9-4-10-17(15)21)7-3-6-12-5-1-2-8-14(12)18/h1-2,4-5,8-10,13,18H,3,6-7,11H2. The lowest BCUT2D eigenvalue weighted by Crippen LogP contribution is -2.11. The fourth-order valence-electron chi connectivity index (χ4n) is 3.18. The second kappa shape index (κ2) is 6.73. The molecule has 0 spiro atoms. The molecule has 3 heteroatoms. The quantitative estimate of drug-likeness (QED) is 0.403. The van der Waals surface area contributed by atoms with Gasteiger partial charge >= 0.3 is 0 Å². The van der Waals surface area contributed by atoms with Crippen molar-refractivity contribution in [1.29, 1.82) is 0 Å². The average Bonchev–Trinajstić information content (AvgIpc) is 2.63. The molecule has 0 fully saturated rings. The summed E-state index contributed by atoms with van der Waals surface area (Å²) in [4.78, 5) is 0.364. The van der Waals surface area contributed by atoms with Gasteiger partial charge < -0.3 is 0 Å². The molecule has 21 heavy (non-hydrogen) atoms. The molecular weight excluding hydrogens is 367 g/mol. The van der Waals surface area contributed by atoms with E-state index >= 15 is 0 Å². The summed E-state index contributed by atoms with van der Waals surface area (Å²) in [5, 5.41) is 1.56. The molecule has 110 valence electrons. The van der Waals surface area contributed by atoms with Crippen molar-refractivity contribution in [3.63, 3.8) is 0 Å². The van der Waals surface area contributed by atoms with Crippen LogP contribution in [-0.2, 0) is 12.8 Å². The molecule has 0 heterocycles. The van der Waals surface area contributed by atoms with E-state index in [-0.39, 0.29) is 0 Å². The van der Waals surface area contributed by atoms with Gasteiger partial charge in [-0.15, -0.1) is 0 Å². The van der Waals surface area contributed by atoms with Gasteiger partial charge in [-0.25, -0.2) is 0 Å². The molecule has 0 radical (unpaired) electrons. The summed E-state index contributed by atoms with van der Waals surface area (Å²) in [5.41, 5.74) is 3.96. The van der Waals surface area contributed by atoms with E-state index in [4.69, 9.17) is 23.2 Å². The monoisotopic (exact) mass is 382 g/mol. The van der Waals surface area contributed by atoms with Crippen LogP contribution in [0.5, 0.6) is 0 Å². The molecule has 0 aromatic heterocycles. The van der Waals surface area contributed by atoms with Crippen molar-refractivity contribution >= 4 is 39.1 Å². The Kier molecular flexibility index (Phi) is 4.93. The molecule has 0 N–H and O–H groups in total. The minimum Gasteiger partial charge on any atom is -0.0840 e. The van der Waals surface area contributed by atoms with Crippen LogP contribution in [0.25, 0.3) is 0 Å². The third kappa shape index (κ3) is 3.31. The van der Waals surface area contributed by atoms with Crippen molar-refractivity contribution in [3.05, 3.63) is 69.2 Å². The van der Waals surface area contributed by atoms with Crippen LogP contribution in [0.3, 0.4) is 0 Å². The van der Waals surface area contributed by atoms with Gasteiger partial charge in [0.2, 0.25) is 0 Å². The van der Waals surface area contributed by atoms with Gasteiger partial charge in [0.05, 0.1) is 0 Å². The third-order valence-electron chi connectivity index (χ3n) is 4.32. The first kappa shape index (κ1) is 15.4. The van der Waals surface area contributed by atoms with Crippen LogP contribution < -0.4 is 0 Å². The maximum Gasteiger partial charge on any atom is 0.0452 e. The van der Waals surface area contributed by atoms with E-state index in [9.17, 15) is 0 Å². The van der Waals surface area contributed by atoms with E-state index < -0.39 is 0 Å². The van der Waals surface area contributed by atoms with Gasteiger partial charge in [0.15, 0.2) is 0 Å². The molecule has 0 bridgehead atoms. The number of rotatable bonds is 2. The molecule has 2 aromatic carbocycles. The van der Waals surface area contributed by atoms with Crippen LogP contribution in [0.15, 0.2) is 42.5 Å². The van der Waals surface area contributed by atoms with Crippen LogP contribution in [0.2, 0.25) is 10.0 Å². The second-order valence-corrected chi connectivity index (χ2v) is 7.46. The van der Waals surface area contributed by atoms with Crippen LogP contribution in [0.4, 0.5) is 0 Å². The highest BCUT2D eigenvalue weighted by atomic mass is 79.9. The molecule has 2 unspecified atom stereocenters. The molecule has 1 aliphatic rings. The second-order valence-electron chi connectivity index (χ2n) is 5.66. The van der Waals surface area contributed by atoms with Gasteiger partial charge in [0.1, 0.15) is 0 Å². The Morgan fingerprint density at radius 1 is 1.00 bits per heavy atom. The summed E-state index contributed by atoms with van der Waals surface area (Å²) in [6.45, 7) is 0. The fraction of sp³-hybridized carbons (Fsp3) is 0.333. The molecule has 2 atom stereocenters. The van der Waals surface area contributed by atoms with Crippen molar-refractivity contribution in [2.45, 2.75) is 30.5 Å². The van der Waals surface area contributed by atoms with Crippen LogP contribution >= 0.6 is 39.1 Å². The zero-order valence-electron chi connectivity index (χ0n) is 11.7. The normalized spacial score (nSPS) is 21.7. The SMILES string of the molecule is Clc1cccc(Cl)c1CC1CCCc2ccccc2C1Br.